The third-order valence-electron chi connectivity index (χ3n) is 4.42. The van der Waals surface area contributed by atoms with Crippen LogP contribution < -0.4 is 0 Å². The van der Waals surface area contributed by atoms with Crippen LogP contribution in [0.15, 0.2) is 0 Å². The molecule has 98 valence electrons. The average Bonchev–Trinajstić information content (AvgIpc) is 2.73. The van der Waals surface area contributed by atoms with Crippen LogP contribution in [0.4, 0.5) is 0 Å². The van der Waals surface area contributed by atoms with Crippen LogP contribution in [0.5, 0.6) is 0 Å². The van der Waals surface area contributed by atoms with Crippen molar-refractivity contribution in [1.29, 1.82) is 0 Å². The van der Waals surface area contributed by atoms with E-state index in [0.29, 0.717) is 6.61 Å². The van der Waals surface area contributed by atoms with Gasteiger partial charge < -0.3 is 9.47 Å². The molecule has 2 aliphatic rings. The maximum absolute atomic E-state index is 12.1. The van der Waals surface area contributed by atoms with Crippen molar-refractivity contribution in [2.45, 2.75) is 70.5 Å². The van der Waals surface area contributed by atoms with E-state index in [1.54, 1.807) is 0 Å². The topological polar surface area (TPSA) is 38.8 Å². The predicted octanol–water partition coefficient (Wildman–Crippen LogP) is 3.07. The van der Waals surface area contributed by atoms with Gasteiger partial charge in [-0.05, 0) is 38.5 Å². The van der Waals surface area contributed by atoms with E-state index in [4.69, 9.17) is 9.47 Å². The number of ether oxygens (including phenoxy) is 2. The van der Waals surface area contributed by atoms with E-state index >= 15 is 0 Å². The zero-order chi connectivity index (χ0) is 12.5. The van der Waals surface area contributed by atoms with Gasteiger partial charge in [0.1, 0.15) is 5.60 Å². The van der Waals surface area contributed by atoms with Gasteiger partial charge in [-0.15, -0.1) is 0 Å². The number of hydrogen-bond acceptors (Lipinski definition) is 3. The first kappa shape index (κ1) is 12.9. The van der Waals surface area contributed by atoms with Crippen molar-refractivity contribution in [3.8, 4) is 0 Å². The first-order valence-corrected chi connectivity index (χ1v) is 7.01. The van der Waals surface area contributed by atoms with Gasteiger partial charge in [-0.3, -0.25) is 0 Å². The Morgan fingerprint density at radius 2 is 2.18 bits per heavy atom. The molecule has 0 aromatic rings. The van der Waals surface area contributed by atoms with Crippen LogP contribution in [0.3, 0.4) is 0 Å². The number of esters is 1. The van der Waals surface area contributed by atoms with Gasteiger partial charge in [-0.25, -0.2) is 4.79 Å². The molecule has 0 N–H and O–H groups in total. The van der Waals surface area contributed by atoms with E-state index in [9.17, 15) is 4.79 Å². The van der Waals surface area contributed by atoms with Gasteiger partial charge in [0.15, 0.2) is 5.60 Å². The Balaban J connectivity index is 2.09. The number of carbonyl (C=O) groups is 1. The molecule has 1 aliphatic heterocycles. The highest BCUT2D eigenvalue weighted by Crippen LogP contribution is 2.62. The first-order valence-electron chi connectivity index (χ1n) is 7.01. The lowest BCUT2D eigenvalue weighted by Gasteiger charge is -2.14. The van der Waals surface area contributed by atoms with Crippen molar-refractivity contribution in [2.24, 2.45) is 5.92 Å². The van der Waals surface area contributed by atoms with E-state index in [-0.39, 0.29) is 11.6 Å². The number of hydrogen-bond donors (Lipinski definition) is 0. The second-order valence-electron chi connectivity index (χ2n) is 5.41. The van der Waals surface area contributed by atoms with Gasteiger partial charge >= 0.3 is 5.97 Å². The molecule has 3 nitrogen and oxygen atoms in total. The molecular formula is C14H24O3. The second-order valence-corrected chi connectivity index (χ2v) is 5.41. The molecule has 0 aromatic carbocycles. The lowest BCUT2D eigenvalue weighted by molar-refractivity contribution is -0.149. The van der Waals surface area contributed by atoms with Crippen LogP contribution >= 0.6 is 0 Å². The van der Waals surface area contributed by atoms with Crippen LogP contribution in [-0.4, -0.2) is 23.8 Å². The molecule has 0 aromatic heterocycles. The maximum atomic E-state index is 12.1. The summed E-state index contributed by atoms with van der Waals surface area (Å²) in [7, 11) is 0. The fourth-order valence-corrected chi connectivity index (χ4v) is 3.43. The van der Waals surface area contributed by atoms with Crippen LogP contribution in [0.25, 0.3) is 0 Å². The van der Waals surface area contributed by atoms with Crippen LogP contribution in [0, 0.1) is 5.92 Å². The van der Waals surface area contributed by atoms with Crippen molar-refractivity contribution < 1.29 is 14.3 Å². The zero-order valence-electron chi connectivity index (χ0n) is 11.3. The van der Waals surface area contributed by atoms with Crippen molar-refractivity contribution in [3.05, 3.63) is 0 Å². The van der Waals surface area contributed by atoms with Gasteiger partial charge in [0.05, 0.1) is 6.61 Å². The van der Waals surface area contributed by atoms with Crippen LogP contribution in [0.1, 0.15) is 59.3 Å². The molecule has 17 heavy (non-hydrogen) atoms. The van der Waals surface area contributed by atoms with Gasteiger partial charge in [0, 0.05) is 0 Å². The smallest absolute Gasteiger partial charge is 0.341 e. The summed E-state index contributed by atoms with van der Waals surface area (Å²) in [6.45, 7) is 6.62. The van der Waals surface area contributed by atoms with E-state index in [1.807, 2.05) is 6.92 Å². The Bertz CT molecular complexity index is 302. The van der Waals surface area contributed by atoms with Crippen LogP contribution in [0.2, 0.25) is 0 Å². The maximum Gasteiger partial charge on any atom is 0.341 e. The molecule has 0 amide bonds. The highest BCUT2D eigenvalue weighted by molar-refractivity contribution is 5.85. The third kappa shape index (κ3) is 1.88. The summed E-state index contributed by atoms with van der Waals surface area (Å²) in [5, 5.41) is 0. The van der Waals surface area contributed by atoms with Crippen molar-refractivity contribution in [1.82, 2.24) is 0 Å². The fraction of sp³-hybridized carbons (Fsp3) is 0.929. The van der Waals surface area contributed by atoms with Gasteiger partial charge in [-0.1, -0.05) is 26.7 Å². The highest BCUT2D eigenvalue weighted by atomic mass is 16.7. The van der Waals surface area contributed by atoms with Crippen LogP contribution in [-0.2, 0) is 14.3 Å². The molecule has 3 heteroatoms. The molecule has 0 radical (unpaired) electrons. The zero-order valence-corrected chi connectivity index (χ0v) is 11.3. The van der Waals surface area contributed by atoms with E-state index in [2.05, 4.69) is 13.8 Å². The number of epoxide rings is 1. The summed E-state index contributed by atoms with van der Waals surface area (Å²) in [5.41, 5.74) is -0.766. The van der Waals surface area contributed by atoms with Gasteiger partial charge in [-0.2, -0.15) is 0 Å². The van der Waals surface area contributed by atoms with Crippen molar-refractivity contribution in [3.63, 3.8) is 0 Å². The van der Waals surface area contributed by atoms with E-state index in [0.717, 1.165) is 31.6 Å². The molecule has 2 fully saturated rings. The summed E-state index contributed by atoms with van der Waals surface area (Å²) >= 11 is 0. The monoisotopic (exact) mass is 240 g/mol. The first-order chi connectivity index (χ1) is 8.14. The predicted molar refractivity (Wildman–Crippen MR) is 65.7 cm³/mol. The quantitative estimate of drug-likeness (QED) is 0.547. The molecule has 1 saturated carbocycles. The molecule has 1 aliphatic carbocycles. The Hall–Kier alpha value is -0.570. The van der Waals surface area contributed by atoms with E-state index in [1.165, 1.54) is 12.8 Å². The third-order valence-corrected chi connectivity index (χ3v) is 4.42. The Morgan fingerprint density at radius 3 is 2.71 bits per heavy atom. The molecule has 3 unspecified atom stereocenters. The number of carbonyl (C=O) groups excluding carboxylic acids is 1. The SMILES string of the molecule is CCCC1(C(=O)OCC)OC12CCC(CC)C2. The molecule has 2 rings (SSSR count). The molecule has 1 spiro atoms. The lowest BCUT2D eigenvalue weighted by Crippen LogP contribution is -2.34. The summed E-state index contributed by atoms with van der Waals surface area (Å²) < 4.78 is 11.2. The largest absolute Gasteiger partial charge is 0.464 e. The van der Waals surface area contributed by atoms with Gasteiger partial charge in [0.25, 0.3) is 0 Å². The molecular weight excluding hydrogens is 216 g/mol. The summed E-state index contributed by atoms with van der Waals surface area (Å²) in [6, 6.07) is 0. The molecule has 1 saturated heterocycles. The normalized spacial score (nSPS) is 39.6. The second kappa shape index (κ2) is 4.60. The highest BCUT2D eigenvalue weighted by Gasteiger charge is 2.75. The summed E-state index contributed by atoms with van der Waals surface area (Å²) in [4.78, 5) is 12.1. The van der Waals surface area contributed by atoms with E-state index < -0.39 is 5.60 Å². The minimum Gasteiger partial charge on any atom is -0.464 e. The van der Waals surface area contributed by atoms with Gasteiger partial charge in [0.2, 0.25) is 0 Å². The average molecular weight is 240 g/mol. The fourth-order valence-electron chi connectivity index (χ4n) is 3.43. The minimum atomic E-state index is -0.596. The standard InChI is InChI=1S/C14H24O3/c1-4-8-14(12(15)16-6-3)13(17-14)9-7-11(5-2)10-13/h11H,4-10H2,1-3H3. The lowest BCUT2D eigenvalue weighted by atomic mass is 9.86. The Kier molecular flexibility index (Phi) is 3.48. The molecule has 1 heterocycles. The molecule has 0 bridgehead atoms. The summed E-state index contributed by atoms with van der Waals surface area (Å²) in [5.74, 6) is 0.599. The van der Waals surface area contributed by atoms with Crippen molar-refractivity contribution in [2.75, 3.05) is 6.61 Å². The molecule has 3 atom stereocenters. The summed E-state index contributed by atoms with van der Waals surface area (Å²) in [6.07, 6.45) is 6.24. The Labute approximate surface area is 104 Å². The Morgan fingerprint density at radius 1 is 1.41 bits per heavy atom. The van der Waals surface area contributed by atoms with Crippen molar-refractivity contribution >= 4 is 5.97 Å². The number of rotatable bonds is 5. The minimum absolute atomic E-state index is 0.126.